The molecule has 0 saturated carbocycles. The van der Waals surface area contributed by atoms with Gasteiger partial charge in [-0.2, -0.15) is 10.1 Å². The molecule has 0 aliphatic carbocycles. The van der Waals surface area contributed by atoms with E-state index in [1.807, 2.05) is 27.7 Å². The molecule has 2 heterocycles. The quantitative estimate of drug-likeness (QED) is 0.800. The number of aromatic nitrogens is 4. The fourth-order valence-corrected chi connectivity index (χ4v) is 2.57. The van der Waals surface area contributed by atoms with Crippen LogP contribution in [-0.2, 0) is 11.2 Å². The number of nitrogens with zero attached hydrogens (tertiary/aromatic N) is 4. The van der Waals surface area contributed by atoms with Crippen LogP contribution in [0.1, 0.15) is 43.6 Å². The second-order valence-corrected chi connectivity index (χ2v) is 6.65. The summed E-state index contributed by atoms with van der Waals surface area (Å²) < 4.78 is 1.70. The number of hydrogen-bond donors (Lipinski definition) is 2. The zero-order valence-electron chi connectivity index (χ0n) is 14.3. The maximum Gasteiger partial charge on any atom is 0.252 e. The van der Waals surface area contributed by atoms with Crippen molar-refractivity contribution >= 4 is 11.7 Å². The van der Waals surface area contributed by atoms with Crippen LogP contribution in [0.3, 0.4) is 0 Å². The zero-order valence-corrected chi connectivity index (χ0v) is 14.3. The molecule has 0 fully saturated rings. The van der Waals surface area contributed by atoms with E-state index in [1.165, 1.54) is 6.33 Å². The highest BCUT2D eigenvalue weighted by atomic mass is 16.3. The lowest BCUT2D eigenvalue weighted by Gasteiger charge is -2.23. The number of aryl methyl sites for hydroxylation is 2. The monoisotopic (exact) mass is 319 g/mol. The first-order chi connectivity index (χ1) is 10.8. The summed E-state index contributed by atoms with van der Waals surface area (Å²) in [5, 5.41) is 16.1. The average molecular weight is 319 g/mol. The highest BCUT2D eigenvalue weighted by Gasteiger charge is 2.18. The molecule has 0 saturated heterocycles. The third kappa shape index (κ3) is 4.25. The second kappa shape index (κ2) is 7.04. The number of amides is 1. The average Bonchev–Trinajstić information content (AvgIpc) is 2.93. The minimum Gasteiger partial charge on any atom is -0.396 e. The fourth-order valence-electron chi connectivity index (χ4n) is 2.57. The van der Waals surface area contributed by atoms with Crippen LogP contribution in [0.25, 0.3) is 5.78 Å². The van der Waals surface area contributed by atoms with E-state index in [9.17, 15) is 4.79 Å². The first-order valence-corrected chi connectivity index (χ1v) is 7.87. The molecule has 0 radical (unpaired) electrons. The first kappa shape index (κ1) is 17.3. The van der Waals surface area contributed by atoms with Crippen molar-refractivity contribution < 1.29 is 9.90 Å². The Morgan fingerprint density at radius 2 is 2.13 bits per heavy atom. The molecule has 0 atom stereocenters. The summed E-state index contributed by atoms with van der Waals surface area (Å²) >= 11 is 0. The predicted molar refractivity (Wildman–Crippen MR) is 87.1 cm³/mol. The van der Waals surface area contributed by atoms with Gasteiger partial charge in [0.1, 0.15) is 6.33 Å². The van der Waals surface area contributed by atoms with E-state index >= 15 is 0 Å². The Morgan fingerprint density at radius 1 is 1.39 bits per heavy atom. The molecule has 2 N–H and O–H groups in total. The normalized spacial score (nSPS) is 11.9. The molecular formula is C16H25N5O2. The topological polar surface area (TPSA) is 92.4 Å². The molecule has 1 amide bonds. The summed E-state index contributed by atoms with van der Waals surface area (Å²) in [6.45, 7) is 8.64. The van der Waals surface area contributed by atoms with Gasteiger partial charge in [-0.1, -0.05) is 13.8 Å². The smallest absolute Gasteiger partial charge is 0.252 e. The van der Waals surface area contributed by atoms with E-state index in [4.69, 9.17) is 5.11 Å². The Labute approximate surface area is 136 Å². The number of nitrogens with one attached hydrogen (secondary N) is 1. The molecule has 2 rings (SSSR count). The minimum atomic E-state index is -0.0998. The van der Waals surface area contributed by atoms with Crippen molar-refractivity contribution in [3.05, 3.63) is 23.3 Å². The van der Waals surface area contributed by atoms with Crippen LogP contribution >= 0.6 is 0 Å². The molecule has 23 heavy (non-hydrogen) atoms. The second-order valence-electron chi connectivity index (χ2n) is 6.65. The summed E-state index contributed by atoms with van der Waals surface area (Å²) in [5.41, 5.74) is 2.79. The number of rotatable bonds is 7. The van der Waals surface area contributed by atoms with Crippen LogP contribution in [-0.4, -0.2) is 43.7 Å². The third-order valence-corrected chi connectivity index (χ3v) is 4.14. The maximum atomic E-state index is 12.1. The van der Waals surface area contributed by atoms with Crippen LogP contribution in [0, 0.1) is 19.3 Å². The fraction of sp³-hybridized carbons (Fsp3) is 0.625. The highest BCUT2D eigenvalue weighted by molar-refractivity contribution is 5.76. The standard InChI is InChI=1S/C16H25N5O2/c1-11-13(12(2)21-15(20-11)18-10-19-21)5-6-14(23)17-9-16(3,4)7-8-22/h10,22H,5-9H2,1-4H3,(H,17,23). The van der Waals surface area contributed by atoms with Crippen molar-refractivity contribution in [2.75, 3.05) is 13.2 Å². The van der Waals surface area contributed by atoms with Crippen LogP contribution in [0.4, 0.5) is 0 Å². The van der Waals surface area contributed by atoms with Crippen LogP contribution < -0.4 is 5.32 Å². The van der Waals surface area contributed by atoms with Gasteiger partial charge in [-0.15, -0.1) is 0 Å². The van der Waals surface area contributed by atoms with Gasteiger partial charge in [-0.3, -0.25) is 4.79 Å². The Morgan fingerprint density at radius 3 is 2.83 bits per heavy atom. The number of fused-ring (bicyclic) bond motifs is 1. The Kier molecular flexibility index (Phi) is 5.30. The van der Waals surface area contributed by atoms with Crippen LogP contribution in [0.2, 0.25) is 0 Å². The van der Waals surface area contributed by atoms with Crippen molar-refractivity contribution in [1.82, 2.24) is 24.9 Å². The summed E-state index contributed by atoms with van der Waals surface area (Å²) in [6.07, 6.45) is 3.17. The number of carbonyl (C=O) groups excluding carboxylic acids is 1. The predicted octanol–water partition coefficient (Wildman–Crippen LogP) is 1.20. The zero-order chi connectivity index (χ0) is 17.0. The third-order valence-electron chi connectivity index (χ3n) is 4.14. The Balaban J connectivity index is 1.97. The molecule has 0 aliphatic heterocycles. The molecule has 0 aromatic carbocycles. The van der Waals surface area contributed by atoms with Gasteiger partial charge in [0.2, 0.25) is 5.91 Å². The van der Waals surface area contributed by atoms with Crippen molar-refractivity contribution in [2.24, 2.45) is 5.41 Å². The van der Waals surface area contributed by atoms with Gasteiger partial charge in [0, 0.05) is 31.0 Å². The molecular weight excluding hydrogens is 294 g/mol. The van der Waals surface area contributed by atoms with E-state index < -0.39 is 0 Å². The van der Waals surface area contributed by atoms with Gasteiger partial charge in [0.05, 0.1) is 0 Å². The van der Waals surface area contributed by atoms with Gasteiger partial charge in [0.25, 0.3) is 5.78 Å². The van der Waals surface area contributed by atoms with E-state index in [0.717, 1.165) is 17.0 Å². The molecule has 0 spiro atoms. The number of hydrogen-bond acceptors (Lipinski definition) is 5. The number of aliphatic hydroxyl groups is 1. The lowest BCUT2D eigenvalue weighted by Crippen LogP contribution is -2.34. The lowest BCUT2D eigenvalue weighted by atomic mass is 9.89. The Hall–Kier alpha value is -2.02. The Bertz CT molecular complexity index is 693. The largest absolute Gasteiger partial charge is 0.396 e. The van der Waals surface area contributed by atoms with E-state index in [-0.39, 0.29) is 17.9 Å². The van der Waals surface area contributed by atoms with Gasteiger partial charge in [-0.05, 0) is 37.7 Å². The molecule has 126 valence electrons. The van der Waals surface area contributed by atoms with Crippen LogP contribution in [0.5, 0.6) is 0 Å². The number of aliphatic hydroxyl groups excluding tert-OH is 1. The van der Waals surface area contributed by atoms with E-state index in [2.05, 4.69) is 20.4 Å². The molecule has 2 aromatic heterocycles. The van der Waals surface area contributed by atoms with E-state index in [0.29, 0.717) is 31.6 Å². The SMILES string of the molecule is Cc1nc2ncnn2c(C)c1CCC(=O)NCC(C)(C)CCO. The number of carbonyl (C=O) groups is 1. The van der Waals surface area contributed by atoms with E-state index in [1.54, 1.807) is 4.52 Å². The summed E-state index contributed by atoms with van der Waals surface area (Å²) in [5.74, 6) is 0.590. The minimum absolute atomic E-state index is 0.00787. The maximum absolute atomic E-state index is 12.1. The van der Waals surface area contributed by atoms with Gasteiger partial charge in [-0.25, -0.2) is 9.50 Å². The summed E-state index contributed by atoms with van der Waals surface area (Å²) in [6, 6.07) is 0. The van der Waals surface area contributed by atoms with Gasteiger partial charge >= 0.3 is 0 Å². The molecule has 7 nitrogen and oxygen atoms in total. The van der Waals surface area contributed by atoms with Gasteiger partial charge < -0.3 is 10.4 Å². The van der Waals surface area contributed by atoms with Crippen molar-refractivity contribution in [3.8, 4) is 0 Å². The van der Waals surface area contributed by atoms with Crippen molar-refractivity contribution in [2.45, 2.75) is 47.0 Å². The molecule has 7 heteroatoms. The molecule has 0 unspecified atom stereocenters. The van der Waals surface area contributed by atoms with Gasteiger partial charge in [0.15, 0.2) is 0 Å². The van der Waals surface area contributed by atoms with Crippen molar-refractivity contribution in [1.29, 1.82) is 0 Å². The molecule has 0 aliphatic rings. The molecule has 0 bridgehead atoms. The summed E-state index contributed by atoms with van der Waals surface area (Å²) in [4.78, 5) is 20.6. The first-order valence-electron chi connectivity index (χ1n) is 7.87. The molecule has 2 aromatic rings. The highest BCUT2D eigenvalue weighted by Crippen LogP contribution is 2.18. The van der Waals surface area contributed by atoms with Crippen molar-refractivity contribution in [3.63, 3.8) is 0 Å². The lowest BCUT2D eigenvalue weighted by molar-refractivity contribution is -0.121. The van der Waals surface area contributed by atoms with Crippen LogP contribution in [0.15, 0.2) is 6.33 Å². The summed E-state index contributed by atoms with van der Waals surface area (Å²) in [7, 11) is 0.